The number of nitrogens with zero attached hydrogens (tertiary/aromatic N) is 1. The monoisotopic (exact) mass is 394 g/mol. The van der Waals surface area contributed by atoms with Crippen molar-refractivity contribution in [1.29, 1.82) is 0 Å². The van der Waals surface area contributed by atoms with E-state index in [0.717, 1.165) is 24.2 Å². The molecule has 158 valence electrons. The molecule has 1 aromatic rings. The fraction of sp³-hybridized carbons (Fsp3) is 0.654. The Balaban J connectivity index is 0.00000218. The minimum atomic E-state index is 0. The van der Waals surface area contributed by atoms with E-state index < -0.39 is 0 Å². The summed E-state index contributed by atoms with van der Waals surface area (Å²) in [5.41, 5.74) is 3.13. The first-order valence-corrected chi connectivity index (χ1v) is 11.9. The first-order valence-electron chi connectivity index (χ1n) is 11.9. The molecule has 0 radical (unpaired) electrons. The molecule has 2 bridgehead atoms. The summed E-state index contributed by atoms with van der Waals surface area (Å²) in [6.07, 6.45) is 15.6. The lowest BCUT2D eigenvalue weighted by molar-refractivity contribution is -0.119. The van der Waals surface area contributed by atoms with Crippen LogP contribution in [0.15, 0.2) is 36.4 Å². The van der Waals surface area contributed by atoms with Crippen molar-refractivity contribution in [3.8, 4) is 0 Å². The second kappa shape index (κ2) is 7.91. The Kier molecular flexibility index (Phi) is 5.28. The van der Waals surface area contributed by atoms with Crippen LogP contribution in [0.2, 0.25) is 0 Å². The predicted molar refractivity (Wildman–Crippen MR) is 120 cm³/mol. The number of carbonyl (C=O) groups excluding carboxylic acids is 1. The topological polar surface area (TPSA) is 32.3 Å². The van der Waals surface area contributed by atoms with Crippen molar-refractivity contribution in [2.75, 3.05) is 19.6 Å². The van der Waals surface area contributed by atoms with E-state index in [1.807, 2.05) is 0 Å². The third-order valence-electron chi connectivity index (χ3n) is 8.34. The summed E-state index contributed by atoms with van der Waals surface area (Å²) in [6, 6.07) is 9.06. The van der Waals surface area contributed by atoms with Gasteiger partial charge in [-0.25, -0.2) is 0 Å². The second-order valence-corrected chi connectivity index (χ2v) is 10.3. The highest BCUT2D eigenvalue weighted by atomic mass is 16.1. The van der Waals surface area contributed by atoms with Crippen molar-refractivity contribution in [2.24, 2.45) is 17.8 Å². The molecule has 1 heterocycles. The van der Waals surface area contributed by atoms with Crippen molar-refractivity contribution in [2.45, 2.75) is 69.7 Å². The lowest BCUT2D eigenvalue weighted by Gasteiger charge is -2.41. The zero-order chi connectivity index (χ0) is 19.8. The summed E-state index contributed by atoms with van der Waals surface area (Å²) in [6.45, 7) is 5.36. The molecule has 1 saturated carbocycles. The summed E-state index contributed by atoms with van der Waals surface area (Å²) in [4.78, 5) is 14.5. The minimum Gasteiger partial charge on any atom is -0.349 e. The first kappa shape index (κ1) is 19.4. The molecule has 1 spiro atoms. The Morgan fingerprint density at radius 3 is 2.86 bits per heavy atom. The number of allylic oxidation sites excluding steroid dienone is 2. The Morgan fingerprint density at radius 1 is 1.21 bits per heavy atom. The van der Waals surface area contributed by atoms with Gasteiger partial charge in [0.25, 0.3) is 0 Å². The first-order chi connectivity index (χ1) is 14.1. The molecule has 1 unspecified atom stereocenters. The summed E-state index contributed by atoms with van der Waals surface area (Å²) in [7, 11) is 0. The van der Waals surface area contributed by atoms with Gasteiger partial charge in [-0.05, 0) is 93.3 Å². The van der Waals surface area contributed by atoms with Crippen LogP contribution in [0.4, 0.5) is 0 Å². The molecule has 1 aromatic carbocycles. The van der Waals surface area contributed by atoms with Crippen LogP contribution >= 0.6 is 0 Å². The van der Waals surface area contributed by atoms with Crippen LogP contribution < -0.4 is 5.32 Å². The number of piperidine rings is 1. The largest absolute Gasteiger partial charge is 0.349 e. The highest BCUT2D eigenvalue weighted by Gasteiger charge is 2.45. The van der Waals surface area contributed by atoms with Crippen LogP contribution in [0, 0.1) is 17.8 Å². The van der Waals surface area contributed by atoms with Crippen LogP contribution in [-0.2, 0) is 10.2 Å². The zero-order valence-electron chi connectivity index (χ0n) is 17.9. The number of rotatable bonds is 3. The molecule has 0 aromatic heterocycles. The highest BCUT2D eigenvalue weighted by molar-refractivity contribution is 5.73. The maximum absolute atomic E-state index is 11.7. The molecule has 1 aliphatic heterocycles. The molecule has 4 aliphatic rings. The molecule has 3 nitrogen and oxygen atoms in total. The van der Waals surface area contributed by atoms with E-state index in [0.29, 0.717) is 0 Å². The van der Waals surface area contributed by atoms with Crippen LogP contribution in [-0.4, -0.2) is 30.4 Å². The van der Waals surface area contributed by atoms with Gasteiger partial charge in [-0.2, -0.15) is 0 Å². The summed E-state index contributed by atoms with van der Waals surface area (Å²) < 4.78 is 0. The lowest BCUT2D eigenvalue weighted by atomic mass is 9.73. The molecule has 3 heteroatoms. The molecule has 1 N–H and O–H groups in total. The van der Waals surface area contributed by atoms with Gasteiger partial charge in [-0.15, -0.1) is 0 Å². The number of benzene rings is 1. The van der Waals surface area contributed by atoms with Gasteiger partial charge in [0.15, 0.2) is 0 Å². The van der Waals surface area contributed by atoms with Crippen molar-refractivity contribution in [1.82, 2.24) is 10.2 Å². The van der Waals surface area contributed by atoms with Gasteiger partial charge in [0.05, 0.1) is 6.04 Å². The fourth-order valence-corrected chi connectivity index (χ4v) is 6.93. The second-order valence-electron chi connectivity index (χ2n) is 10.3. The van der Waals surface area contributed by atoms with E-state index >= 15 is 0 Å². The highest BCUT2D eigenvalue weighted by Crippen LogP contribution is 2.51. The Morgan fingerprint density at radius 2 is 2.03 bits per heavy atom. The van der Waals surface area contributed by atoms with Gasteiger partial charge in [0, 0.05) is 20.3 Å². The van der Waals surface area contributed by atoms with Crippen LogP contribution in [0.1, 0.15) is 76.9 Å². The number of amides is 1. The van der Waals surface area contributed by atoms with Crippen LogP contribution in [0.3, 0.4) is 0 Å². The maximum Gasteiger partial charge on any atom is 0.217 e. The summed E-state index contributed by atoms with van der Waals surface area (Å²) >= 11 is 0. The lowest BCUT2D eigenvalue weighted by Crippen LogP contribution is -2.43. The third-order valence-corrected chi connectivity index (χ3v) is 8.34. The van der Waals surface area contributed by atoms with Gasteiger partial charge in [-0.1, -0.05) is 36.4 Å². The molecule has 5 rings (SSSR count). The number of fused-ring (bicyclic) bond motifs is 4. The summed E-state index contributed by atoms with van der Waals surface area (Å²) in [5.74, 6) is 2.77. The van der Waals surface area contributed by atoms with E-state index in [4.69, 9.17) is 0 Å². The molecule has 2 fully saturated rings. The molecular weight excluding hydrogens is 356 g/mol. The molecule has 29 heavy (non-hydrogen) atoms. The average Bonchev–Trinajstić information content (AvgIpc) is 2.93. The molecule has 1 amide bonds. The van der Waals surface area contributed by atoms with Crippen molar-refractivity contribution in [3.05, 3.63) is 47.5 Å². The van der Waals surface area contributed by atoms with E-state index in [-0.39, 0.29) is 18.8 Å². The van der Waals surface area contributed by atoms with Crippen molar-refractivity contribution >= 4 is 5.91 Å². The number of nitrogens with one attached hydrogen (secondary N) is 1. The Bertz CT molecular complexity index is 783. The van der Waals surface area contributed by atoms with Gasteiger partial charge < -0.3 is 10.2 Å². The van der Waals surface area contributed by atoms with Crippen molar-refractivity contribution < 1.29 is 6.22 Å². The fourth-order valence-electron chi connectivity index (χ4n) is 6.93. The Hall–Kier alpha value is -1.61. The zero-order valence-corrected chi connectivity index (χ0v) is 17.9. The van der Waals surface area contributed by atoms with E-state index in [2.05, 4.69) is 46.6 Å². The van der Waals surface area contributed by atoms with Crippen LogP contribution in [0.25, 0.3) is 0 Å². The van der Waals surface area contributed by atoms with Gasteiger partial charge >= 0.3 is 0 Å². The van der Waals surface area contributed by atoms with E-state index in [1.54, 1.807) is 6.92 Å². The third kappa shape index (κ3) is 3.91. The Labute approximate surface area is 177 Å². The number of hydrogen-bond donors (Lipinski definition) is 1. The molecule has 4 atom stereocenters. The van der Waals surface area contributed by atoms with E-state index in [9.17, 15) is 4.79 Å². The van der Waals surface area contributed by atoms with Gasteiger partial charge in [0.2, 0.25) is 5.91 Å². The number of hydrogen-bond acceptors (Lipinski definition) is 2. The quantitative estimate of drug-likeness (QED) is 0.712. The number of likely N-dealkylation sites (tertiary alicyclic amines) is 1. The predicted octanol–water partition coefficient (Wildman–Crippen LogP) is 5.23. The summed E-state index contributed by atoms with van der Waals surface area (Å²) in [5, 5.41) is 3.22. The van der Waals surface area contributed by atoms with Crippen molar-refractivity contribution in [3.63, 3.8) is 0 Å². The average molecular weight is 395 g/mol. The normalized spacial score (nSPS) is 33.3. The standard InChI is InChI=1S/C26H36N2O.H2/c1-19(29)27-25-17-26(24-8-3-2-7-23(24)25)11-13-28(14-12-26)18-22-10-9-20-5-4-6-21(15-20)16-22;/h2-4,6-8,20-22,25H,5,9-18H2,1H3,(H,27,29);1H/t20-,21+,22-,25?;/m1./s1. The smallest absolute Gasteiger partial charge is 0.217 e. The van der Waals surface area contributed by atoms with Gasteiger partial charge in [-0.3, -0.25) is 4.79 Å². The van der Waals surface area contributed by atoms with Gasteiger partial charge in [0.1, 0.15) is 0 Å². The number of carbonyl (C=O) groups is 1. The molecule has 1 saturated heterocycles. The van der Waals surface area contributed by atoms with Crippen LogP contribution in [0.5, 0.6) is 0 Å². The molecule has 3 aliphatic carbocycles. The van der Waals surface area contributed by atoms with E-state index in [1.165, 1.54) is 75.7 Å². The SMILES string of the molecule is CC(=O)NC1CC2(CCN(C[C@@H]3CC[C@H]4CC=C[C@@H](C4)C3)CC2)c2ccccc21.[HH]. The maximum atomic E-state index is 11.7. The minimum absolute atomic E-state index is 0. The molecular formula is C26H38N2O.